The van der Waals surface area contributed by atoms with Crippen LogP contribution in [0.25, 0.3) is 0 Å². The van der Waals surface area contributed by atoms with Crippen molar-refractivity contribution in [3.8, 4) is 0 Å². The molecule has 1 rings (SSSR count). The predicted octanol–water partition coefficient (Wildman–Crippen LogP) is -0.509. The SMILES string of the molecule is Cc1ccc(C(=O)OC(C(N)=O)C(N)=O)cc1. The van der Waals surface area contributed by atoms with Gasteiger partial charge < -0.3 is 16.2 Å². The fourth-order valence-electron chi connectivity index (χ4n) is 1.12. The van der Waals surface area contributed by atoms with Crippen LogP contribution in [0.4, 0.5) is 0 Å². The van der Waals surface area contributed by atoms with Crippen molar-refractivity contribution < 1.29 is 19.1 Å². The van der Waals surface area contributed by atoms with Gasteiger partial charge in [-0.3, -0.25) is 9.59 Å². The second-order valence-corrected chi connectivity index (χ2v) is 3.46. The number of aryl methyl sites for hydroxylation is 1. The van der Waals surface area contributed by atoms with Gasteiger partial charge in [0.15, 0.2) is 0 Å². The summed E-state index contributed by atoms with van der Waals surface area (Å²) in [6.45, 7) is 1.85. The van der Waals surface area contributed by atoms with Crippen molar-refractivity contribution in [2.24, 2.45) is 11.5 Å². The average molecular weight is 236 g/mol. The van der Waals surface area contributed by atoms with Crippen molar-refractivity contribution in [3.63, 3.8) is 0 Å². The normalized spacial score (nSPS) is 10.0. The zero-order valence-electron chi connectivity index (χ0n) is 9.17. The molecule has 4 N–H and O–H groups in total. The Hall–Kier alpha value is -2.37. The van der Waals surface area contributed by atoms with E-state index in [9.17, 15) is 14.4 Å². The van der Waals surface area contributed by atoms with Crippen LogP contribution < -0.4 is 11.5 Å². The highest BCUT2D eigenvalue weighted by Gasteiger charge is 2.26. The maximum atomic E-state index is 11.5. The van der Waals surface area contributed by atoms with Gasteiger partial charge in [-0.25, -0.2) is 4.79 Å². The standard InChI is InChI=1S/C11H12N2O4/c1-6-2-4-7(5-3-6)11(16)17-8(9(12)14)10(13)15/h2-5,8H,1H3,(H2,12,14)(H2,13,15). The van der Waals surface area contributed by atoms with Crippen LogP contribution in [0, 0.1) is 6.92 Å². The van der Waals surface area contributed by atoms with Crippen LogP contribution in [0.5, 0.6) is 0 Å². The van der Waals surface area contributed by atoms with Gasteiger partial charge in [0, 0.05) is 0 Å². The lowest BCUT2D eigenvalue weighted by Gasteiger charge is -2.10. The van der Waals surface area contributed by atoms with E-state index in [4.69, 9.17) is 11.5 Å². The molecular weight excluding hydrogens is 224 g/mol. The van der Waals surface area contributed by atoms with Gasteiger partial charge in [-0.05, 0) is 19.1 Å². The van der Waals surface area contributed by atoms with Crippen molar-refractivity contribution in [2.45, 2.75) is 13.0 Å². The summed E-state index contributed by atoms with van der Waals surface area (Å²) in [4.78, 5) is 33.1. The van der Waals surface area contributed by atoms with E-state index in [-0.39, 0.29) is 5.56 Å². The Bertz CT molecular complexity index is 439. The molecular formula is C11H12N2O4. The zero-order valence-corrected chi connectivity index (χ0v) is 9.17. The molecule has 6 nitrogen and oxygen atoms in total. The van der Waals surface area contributed by atoms with Crippen LogP contribution in [-0.2, 0) is 14.3 Å². The van der Waals surface area contributed by atoms with Crippen LogP contribution in [0.2, 0.25) is 0 Å². The van der Waals surface area contributed by atoms with Gasteiger partial charge in [0.2, 0.25) is 0 Å². The molecule has 0 fully saturated rings. The molecule has 6 heteroatoms. The van der Waals surface area contributed by atoms with Crippen molar-refractivity contribution in [2.75, 3.05) is 0 Å². The Morgan fingerprint density at radius 1 is 1.06 bits per heavy atom. The molecule has 0 spiro atoms. The molecule has 2 amide bonds. The Kier molecular flexibility index (Phi) is 3.82. The number of nitrogens with two attached hydrogens (primary N) is 2. The Morgan fingerprint density at radius 2 is 1.53 bits per heavy atom. The molecule has 1 aromatic carbocycles. The molecule has 0 bridgehead atoms. The molecule has 0 radical (unpaired) electrons. The van der Waals surface area contributed by atoms with Crippen molar-refractivity contribution in [1.29, 1.82) is 0 Å². The molecule has 0 aliphatic rings. The fraction of sp³-hybridized carbons (Fsp3) is 0.182. The predicted molar refractivity (Wildman–Crippen MR) is 58.8 cm³/mol. The Balaban J connectivity index is 2.81. The maximum absolute atomic E-state index is 11.5. The highest BCUT2D eigenvalue weighted by atomic mass is 16.6. The Labute approximate surface area is 97.5 Å². The molecule has 17 heavy (non-hydrogen) atoms. The summed E-state index contributed by atoms with van der Waals surface area (Å²) in [6.07, 6.45) is -1.75. The molecule has 90 valence electrons. The molecule has 0 saturated carbocycles. The van der Waals surface area contributed by atoms with Gasteiger partial charge in [0.1, 0.15) is 0 Å². The number of amides is 2. The summed E-state index contributed by atoms with van der Waals surface area (Å²) in [6, 6.07) is 6.41. The molecule has 0 aliphatic heterocycles. The first-order valence-corrected chi connectivity index (χ1v) is 4.78. The first-order valence-electron chi connectivity index (χ1n) is 4.78. The topological polar surface area (TPSA) is 112 Å². The molecule has 0 saturated heterocycles. The maximum Gasteiger partial charge on any atom is 0.339 e. The summed E-state index contributed by atoms with van der Waals surface area (Å²) >= 11 is 0. The lowest BCUT2D eigenvalue weighted by atomic mass is 10.1. The van der Waals surface area contributed by atoms with Crippen molar-refractivity contribution >= 4 is 17.8 Å². The van der Waals surface area contributed by atoms with E-state index in [1.54, 1.807) is 12.1 Å². The van der Waals surface area contributed by atoms with E-state index in [2.05, 4.69) is 4.74 Å². The van der Waals surface area contributed by atoms with Crippen LogP contribution in [-0.4, -0.2) is 23.9 Å². The first-order chi connectivity index (χ1) is 7.91. The number of esters is 1. The first kappa shape index (κ1) is 12.7. The van der Waals surface area contributed by atoms with E-state index in [0.29, 0.717) is 0 Å². The van der Waals surface area contributed by atoms with E-state index < -0.39 is 23.9 Å². The molecule has 0 heterocycles. The number of rotatable bonds is 4. The smallest absolute Gasteiger partial charge is 0.339 e. The third-order valence-corrected chi connectivity index (χ3v) is 2.03. The molecule has 0 unspecified atom stereocenters. The van der Waals surface area contributed by atoms with Crippen LogP contribution in [0.15, 0.2) is 24.3 Å². The van der Waals surface area contributed by atoms with Crippen LogP contribution >= 0.6 is 0 Å². The summed E-state index contributed by atoms with van der Waals surface area (Å²) < 4.78 is 4.61. The molecule has 0 aromatic heterocycles. The summed E-state index contributed by atoms with van der Waals surface area (Å²) in [5.41, 5.74) is 10.9. The zero-order chi connectivity index (χ0) is 13.0. The lowest BCUT2D eigenvalue weighted by Crippen LogP contribution is -2.43. The Morgan fingerprint density at radius 3 is 1.94 bits per heavy atom. The summed E-state index contributed by atoms with van der Waals surface area (Å²) in [5.74, 6) is -3.02. The summed E-state index contributed by atoms with van der Waals surface area (Å²) in [7, 11) is 0. The number of ether oxygens (including phenoxy) is 1. The van der Waals surface area contributed by atoms with Gasteiger partial charge in [0.05, 0.1) is 5.56 Å². The quantitative estimate of drug-likeness (QED) is 0.541. The number of hydrogen-bond donors (Lipinski definition) is 2. The minimum atomic E-state index is -1.75. The third kappa shape index (κ3) is 3.30. The van der Waals surface area contributed by atoms with E-state index >= 15 is 0 Å². The number of carbonyl (C=O) groups excluding carboxylic acids is 3. The number of primary amides is 2. The second-order valence-electron chi connectivity index (χ2n) is 3.46. The van der Waals surface area contributed by atoms with Crippen molar-refractivity contribution in [3.05, 3.63) is 35.4 Å². The number of hydrogen-bond acceptors (Lipinski definition) is 4. The van der Waals surface area contributed by atoms with E-state index in [0.717, 1.165) is 5.56 Å². The number of benzene rings is 1. The summed E-state index contributed by atoms with van der Waals surface area (Å²) in [5, 5.41) is 0. The minimum absolute atomic E-state index is 0.211. The van der Waals surface area contributed by atoms with Crippen LogP contribution in [0.1, 0.15) is 15.9 Å². The third-order valence-electron chi connectivity index (χ3n) is 2.03. The average Bonchev–Trinajstić information content (AvgIpc) is 2.25. The number of carbonyl (C=O) groups is 3. The van der Waals surface area contributed by atoms with E-state index in [1.165, 1.54) is 12.1 Å². The molecule has 1 aromatic rings. The van der Waals surface area contributed by atoms with Gasteiger partial charge >= 0.3 is 5.97 Å². The monoisotopic (exact) mass is 236 g/mol. The van der Waals surface area contributed by atoms with Gasteiger partial charge in [0.25, 0.3) is 17.9 Å². The van der Waals surface area contributed by atoms with Gasteiger partial charge in [-0.2, -0.15) is 0 Å². The van der Waals surface area contributed by atoms with Gasteiger partial charge in [-0.15, -0.1) is 0 Å². The minimum Gasteiger partial charge on any atom is -0.438 e. The molecule has 0 aliphatic carbocycles. The highest BCUT2D eigenvalue weighted by Crippen LogP contribution is 2.06. The molecule has 0 atom stereocenters. The highest BCUT2D eigenvalue weighted by molar-refractivity contribution is 6.04. The van der Waals surface area contributed by atoms with Gasteiger partial charge in [-0.1, -0.05) is 17.7 Å². The van der Waals surface area contributed by atoms with Crippen LogP contribution in [0.3, 0.4) is 0 Å². The van der Waals surface area contributed by atoms with Crippen molar-refractivity contribution in [1.82, 2.24) is 0 Å². The lowest BCUT2D eigenvalue weighted by molar-refractivity contribution is -0.137. The fourth-order valence-corrected chi connectivity index (χ4v) is 1.12. The largest absolute Gasteiger partial charge is 0.438 e. The second kappa shape index (κ2) is 5.11. The van der Waals surface area contributed by atoms with E-state index in [1.807, 2.05) is 6.92 Å².